The molecule has 0 atom stereocenters. The molecular formula is C23H30N4O4S. The lowest BCUT2D eigenvalue weighted by molar-refractivity contribution is 0.0708. The smallest absolute Gasteiger partial charge is 0.319 e. The second-order valence-electron chi connectivity index (χ2n) is 8.17. The highest BCUT2D eigenvalue weighted by molar-refractivity contribution is 7.89. The molecule has 172 valence electrons. The van der Waals surface area contributed by atoms with E-state index in [1.165, 1.54) is 23.5 Å². The topological polar surface area (TPSA) is 98.8 Å². The number of likely N-dealkylation sites (tertiary alicyclic amines) is 1. The Morgan fingerprint density at radius 1 is 1.03 bits per heavy atom. The number of benzene rings is 2. The predicted molar refractivity (Wildman–Crippen MR) is 124 cm³/mol. The molecule has 3 rings (SSSR count). The Morgan fingerprint density at radius 3 is 2.31 bits per heavy atom. The van der Waals surface area contributed by atoms with Crippen molar-refractivity contribution in [1.29, 1.82) is 0 Å². The predicted octanol–water partition coefficient (Wildman–Crippen LogP) is 3.14. The maximum absolute atomic E-state index is 13.0. The van der Waals surface area contributed by atoms with Crippen LogP contribution in [0.3, 0.4) is 0 Å². The highest BCUT2D eigenvalue weighted by Crippen LogP contribution is 2.20. The molecule has 1 heterocycles. The van der Waals surface area contributed by atoms with Gasteiger partial charge in [0.05, 0.1) is 4.90 Å². The summed E-state index contributed by atoms with van der Waals surface area (Å²) in [6.07, 6.45) is 1.25. The molecule has 0 aromatic heterocycles. The van der Waals surface area contributed by atoms with Gasteiger partial charge in [0, 0.05) is 43.5 Å². The molecule has 3 amide bonds. The van der Waals surface area contributed by atoms with Gasteiger partial charge >= 0.3 is 6.03 Å². The Morgan fingerprint density at radius 2 is 1.69 bits per heavy atom. The fourth-order valence-corrected chi connectivity index (χ4v) is 4.93. The van der Waals surface area contributed by atoms with E-state index in [2.05, 4.69) is 10.6 Å². The van der Waals surface area contributed by atoms with Crippen LogP contribution in [0.25, 0.3) is 0 Å². The molecule has 1 fully saturated rings. The highest BCUT2D eigenvalue weighted by Gasteiger charge is 2.27. The van der Waals surface area contributed by atoms with Gasteiger partial charge in [0.25, 0.3) is 5.91 Å². The molecule has 1 aliphatic rings. The molecule has 2 aromatic rings. The number of carbonyl (C=O) groups excluding carboxylic acids is 2. The van der Waals surface area contributed by atoms with Crippen molar-refractivity contribution < 1.29 is 18.0 Å². The molecule has 2 N–H and O–H groups in total. The minimum atomic E-state index is -3.66. The molecule has 0 saturated carbocycles. The molecule has 1 aliphatic heterocycles. The van der Waals surface area contributed by atoms with Gasteiger partial charge in [-0.3, -0.25) is 4.79 Å². The summed E-state index contributed by atoms with van der Waals surface area (Å²) in [6, 6.07) is 14.9. The molecule has 32 heavy (non-hydrogen) atoms. The lowest BCUT2D eigenvalue weighted by atomic mass is 10.0. The van der Waals surface area contributed by atoms with E-state index in [0.717, 1.165) is 5.69 Å². The van der Waals surface area contributed by atoms with E-state index in [4.69, 9.17) is 0 Å². The summed E-state index contributed by atoms with van der Waals surface area (Å²) < 4.78 is 26.8. The third kappa shape index (κ3) is 5.66. The first kappa shape index (κ1) is 23.7. The summed E-state index contributed by atoms with van der Waals surface area (Å²) >= 11 is 0. The van der Waals surface area contributed by atoms with Gasteiger partial charge in [-0.15, -0.1) is 0 Å². The molecule has 1 saturated heterocycles. The number of hydrogen-bond donors (Lipinski definition) is 2. The van der Waals surface area contributed by atoms with Gasteiger partial charge < -0.3 is 15.5 Å². The van der Waals surface area contributed by atoms with Crippen LogP contribution in [0.2, 0.25) is 0 Å². The lowest BCUT2D eigenvalue weighted by Gasteiger charge is -2.32. The van der Waals surface area contributed by atoms with E-state index in [-0.39, 0.29) is 28.9 Å². The van der Waals surface area contributed by atoms with Crippen LogP contribution in [0.5, 0.6) is 0 Å². The zero-order valence-electron chi connectivity index (χ0n) is 18.6. The Kier molecular flexibility index (Phi) is 7.52. The Hall–Kier alpha value is -2.91. The van der Waals surface area contributed by atoms with Gasteiger partial charge in [-0.2, -0.15) is 4.31 Å². The second-order valence-corrected chi connectivity index (χ2v) is 10.2. The van der Waals surface area contributed by atoms with Crippen LogP contribution in [-0.4, -0.2) is 61.8 Å². The number of urea groups is 1. The average molecular weight is 459 g/mol. The van der Waals surface area contributed by atoms with Crippen LogP contribution >= 0.6 is 0 Å². The van der Waals surface area contributed by atoms with Crippen LogP contribution in [0, 0.1) is 0 Å². The van der Waals surface area contributed by atoms with Crippen LogP contribution in [-0.2, 0) is 10.0 Å². The summed E-state index contributed by atoms with van der Waals surface area (Å²) in [7, 11) is -2.14. The number of hydrogen-bond acceptors (Lipinski definition) is 4. The van der Waals surface area contributed by atoms with Crippen LogP contribution in [0.4, 0.5) is 10.5 Å². The van der Waals surface area contributed by atoms with Gasteiger partial charge in [0.2, 0.25) is 10.0 Å². The number of anilines is 1. The number of rotatable bonds is 6. The second kappa shape index (κ2) is 10.1. The minimum absolute atomic E-state index is 0.0332. The molecule has 0 aliphatic carbocycles. The van der Waals surface area contributed by atoms with Gasteiger partial charge in [-0.25, -0.2) is 13.2 Å². The van der Waals surface area contributed by atoms with Crippen molar-refractivity contribution >= 4 is 27.6 Å². The van der Waals surface area contributed by atoms with Crippen LogP contribution in [0.15, 0.2) is 59.5 Å². The first-order valence-electron chi connectivity index (χ1n) is 10.7. The molecule has 8 nitrogen and oxygen atoms in total. The number of sulfonamides is 1. The zero-order valence-corrected chi connectivity index (χ0v) is 19.4. The number of para-hydroxylation sites is 1. The normalized spacial score (nSPS) is 15.1. The van der Waals surface area contributed by atoms with Crippen molar-refractivity contribution in [2.75, 3.05) is 25.5 Å². The summed E-state index contributed by atoms with van der Waals surface area (Å²) in [5.41, 5.74) is 1.06. The number of amides is 3. The molecule has 0 spiro atoms. The van der Waals surface area contributed by atoms with E-state index < -0.39 is 10.0 Å². The quantitative estimate of drug-likeness (QED) is 0.695. The molecular weight excluding hydrogens is 428 g/mol. The Bertz CT molecular complexity index is 1050. The van der Waals surface area contributed by atoms with Gasteiger partial charge in [-0.05, 0) is 57.0 Å². The van der Waals surface area contributed by atoms with Crippen molar-refractivity contribution in [1.82, 2.24) is 14.5 Å². The van der Waals surface area contributed by atoms with Crippen molar-refractivity contribution in [3.8, 4) is 0 Å². The van der Waals surface area contributed by atoms with Crippen molar-refractivity contribution in [3.05, 3.63) is 60.2 Å². The summed E-state index contributed by atoms with van der Waals surface area (Å²) in [5, 5.41) is 5.74. The van der Waals surface area contributed by atoms with Crippen molar-refractivity contribution in [2.45, 2.75) is 43.7 Å². The standard InChI is InChI=1S/C23H30N4O4S/c1-17(2)26(3)32(30,31)21-11-7-8-18(16-21)22(28)27-14-12-20(13-15-27)25-23(29)24-19-9-5-4-6-10-19/h4-11,16-17,20H,12-15H2,1-3H3,(H2,24,25,29). The van der Waals surface area contributed by atoms with E-state index in [9.17, 15) is 18.0 Å². The van der Waals surface area contributed by atoms with Gasteiger partial charge in [0.1, 0.15) is 0 Å². The largest absolute Gasteiger partial charge is 0.338 e. The van der Waals surface area contributed by atoms with Crippen LogP contribution in [0.1, 0.15) is 37.0 Å². The fourth-order valence-electron chi connectivity index (χ4n) is 3.52. The lowest BCUT2D eigenvalue weighted by Crippen LogP contribution is -2.47. The third-order valence-corrected chi connectivity index (χ3v) is 7.66. The molecule has 9 heteroatoms. The van der Waals surface area contributed by atoms with E-state index >= 15 is 0 Å². The number of piperidine rings is 1. The number of nitrogens with one attached hydrogen (secondary N) is 2. The zero-order chi connectivity index (χ0) is 23.3. The van der Waals surface area contributed by atoms with E-state index in [1.54, 1.807) is 30.9 Å². The number of nitrogens with zero attached hydrogens (tertiary/aromatic N) is 2. The van der Waals surface area contributed by atoms with Gasteiger partial charge in [0.15, 0.2) is 0 Å². The Labute approximate surface area is 189 Å². The first-order chi connectivity index (χ1) is 15.2. The van der Waals surface area contributed by atoms with E-state index in [0.29, 0.717) is 31.5 Å². The highest BCUT2D eigenvalue weighted by atomic mass is 32.2. The summed E-state index contributed by atoms with van der Waals surface area (Å²) in [6.45, 7) is 4.56. The first-order valence-corrected chi connectivity index (χ1v) is 12.1. The van der Waals surface area contributed by atoms with Gasteiger partial charge in [-0.1, -0.05) is 24.3 Å². The third-order valence-electron chi connectivity index (χ3n) is 5.63. The minimum Gasteiger partial charge on any atom is -0.338 e. The van der Waals surface area contributed by atoms with Crippen molar-refractivity contribution in [2.24, 2.45) is 0 Å². The monoisotopic (exact) mass is 458 g/mol. The Balaban J connectivity index is 1.58. The molecule has 2 aromatic carbocycles. The maximum atomic E-state index is 13.0. The average Bonchev–Trinajstić information content (AvgIpc) is 2.79. The van der Waals surface area contributed by atoms with Crippen LogP contribution < -0.4 is 10.6 Å². The SMILES string of the molecule is CC(C)N(C)S(=O)(=O)c1cccc(C(=O)N2CCC(NC(=O)Nc3ccccc3)CC2)c1. The van der Waals surface area contributed by atoms with E-state index in [1.807, 2.05) is 30.3 Å². The maximum Gasteiger partial charge on any atom is 0.319 e. The van der Waals surface area contributed by atoms with Crippen molar-refractivity contribution in [3.63, 3.8) is 0 Å². The molecule has 0 radical (unpaired) electrons. The molecule has 0 bridgehead atoms. The fraction of sp³-hybridized carbons (Fsp3) is 0.391. The summed E-state index contributed by atoms with van der Waals surface area (Å²) in [4.78, 5) is 27.0. The molecule has 0 unspecified atom stereocenters. The summed E-state index contributed by atoms with van der Waals surface area (Å²) in [5.74, 6) is -0.207. The number of carbonyl (C=O) groups is 2.